The van der Waals surface area contributed by atoms with E-state index in [1.807, 2.05) is 0 Å². The molecule has 1 aliphatic rings. The van der Waals surface area contributed by atoms with Crippen molar-refractivity contribution in [1.82, 2.24) is 0 Å². The van der Waals surface area contributed by atoms with Gasteiger partial charge in [0.2, 0.25) is 0 Å². The molecule has 2 heteroatoms. The molecule has 1 rings (SSSR count). The summed E-state index contributed by atoms with van der Waals surface area (Å²) < 4.78 is 5.63. The van der Waals surface area contributed by atoms with Crippen molar-refractivity contribution < 1.29 is 9.53 Å². The van der Waals surface area contributed by atoms with Crippen LogP contribution in [0.3, 0.4) is 0 Å². The predicted octanol–water partition coefficient (Wildman–Crippen LogP) is 5.43. The highest BCUT2D eigenvalue weighted by Crippen LogP contribution is 2.31. The van der Waals surface area contributed by atoms with Crippen LogP contribution in [0.15, 0.2) is 0 Å². The summed E-state index contributed by atoms with van der Waals surface area (Å²) in [5.74, 6) is 0.447. The number of unbranched alkanes of at least 4 members (excludes halogenated alkanes) is 7. The molecule has 0 spiro atoms. The third-order valence-electron chi connectivity index (χ3n) is 4.30. The second-order valence-electron chi connectivity index (χ2n) is 6.30. The summed E-state index contributed by atoms with van der Waals surface area (Å²) in [6.07, 6.45) is 16.0. The van der Waals surface area contributed by atoms with Crippen LogP contribution in [0.25, 0.3) is 0 Å². The normalized spacial score (nSPS) is 21.1. The number of carbonyl (C=O) groups excluding carboxylic acids is 1. The van der Waals surface area contributed by atoms with Gasteiger partial charge in [-0.15, -0.1) is 0 Å². The van der Waals surface area contributed by atoms with Gasteiger partial charge < -0.3 is 4.74 Å². The summed E-state index contributed by atoms with van der Waals surface area (Å²) >= 11 is 0. The second-order valence-corrected chi connectivity index (χ2v) is 6.30. The van der Waals surface area contributed by atoms with Gasteiger partial charge >= 0.3 is 0 Å². The lowest BCUT2D eigenvalue weighted by molar-refractivity contribution is -0.119. The van der Waals surface area contributed by atoms with Crippen LogP contribution in [-0.4, -0.2) is 18.0 Å². The summed E-state index contributed by atoms with van der Waals surface area (Å²) in [5.41, 5.74) is 0. The molecule has 0 aliphatic carbocycles. The van der Waals surface area contributed by atoms with Crippen LogP contribution in [0, 0.1) is 0 Å². The average molecular weight is 282 g/mol. The highest BCUT2D eigenvalue weighted by Gasteiger charge is 2.37. The number of epoxide rings is 1. The van der Waals surface area contributed by atoms with Crippen molar-refractivity contribution in [1.29, 1.82) is 0 Å². The highest BCUT2D eigenvalue weighted by molar-refractivity contribution is 5.78. The van der Waals surface area contributed by atoms with Crippen LogP contribution in [0.1, 0.15) is 97.3 Å². The largest absolute Gasteiger partial charge is 0.370 e. The van der Waals surface area contributed by atoms with Gasteiger partial charge in [-0.25, -0.2) is 0 Å². The lowest BCUT2D eigenvalue weighted by Crippen LogP contribution is -2.02. The molecule has 0 bridgehead atoms. The maximum absolute atomic E-state index is 11.8. The fourth-order valence-corrected chi connectivity index (χ4v) is 2.81. The Kier molecular flexibility index (Phi) is 10.00. The standard InChI is InChI=1S/C18H34O2/c1-3-5-7-8-9-11-12-16(19)14-15-18-17(20-18)13-10-6-4-2/h17-18H,3-15H2,1-2H3. The zero-order valence-corrected chi connectivity index (χ0v) is 13.7. The first-order valence-corrected chi connectivity index (χ1v) is 8.95. The molecule has 0 aromatic rings. The topological polar surface area (TPSA) is 29.6 Å². The van der Waals surface area contributed by atoms with Gasteiger partial charge in [0.1, 0.15) is 5.78 Å². The first-order valence-electron chi connectivity index (χ1n) is 8.95. The fourth-order valence-electron chi connectivity index (χ4n) is 2.81. The number of hydrogen-bond acceptors (Lipinski definition) is 2. The van der Waals surface area contributed by atoms with Crippen LogP contribution in [-0.2, 0) is 9.53 Å². The van der Waals surface area contributed by atoms with Crippen molar-refractivity contribution in [3.63, 3.8) is 0 Å². The fraction of sp³-hybridized carbons (Fsp3) is 0.944. The van der Waals surface area contributed by atoms with E-state index in [1.165, 1.54) is 57.8 Å². The lowest BCUT2D eigenvalue weighted by Gasteiger charge is -2.01. The molecule has 0 aromatic carbocycles. The van der Waals surface area contributed by atoms with Gasteiger partial charge in [0.05, 0.1) is 12.2 Å². The molecule has 2 nitrogen and oxygen atoms in total. The van der Waals surface area contributed by atoms with Gasteiger partial charge in [-0.3, -0.25) is 4.79 Å². The van der Waals surface area contributed by atoms with Crippen molar-refractivity contribution in [3.8, 4) is 0 Å². The number of Topliss-reactive ketones (excluding diaryl/α,β-unsaturated/α-hetero) is 1. The molecule has 118 valence electrons. The predicted molar refractivity (Wildman–Crippen MR) is 85.0 cm³/mol. The van der Waals surface area contributed by atoms with E-state index in [0.29, 0.717) is 18.0 Å². The molecule has 0 saturated carbocycles. The monoisotopic (exact) mass is 282 g/mol. The second kappa shape index (κ2) is 11.3. The molecule has 1 heterocycles. The number of rotatable bonds is 14. The number of hydrogen-bond donors (Lipinski definition) is 0. The molecule has 2 unspecified atom stereocenters. The van der Waals surface area contributed by atoms with Crippen molar-refractivity contribution in [2.24, 2.45) is 0 Å². The molecule has 0 aromatic heterocycles. The molecular formula is C18H34O2. The van der Waals surface area contributed by atoms with Gasteiger partial charge in [-0.05, 0) is 19.3 Å². The number of ether oxygens (including phenoxy) is 1. The summed E-state index contributed by atoms with van der Waals surface area (Å²) in [4.78, 5) is 11.8. The van der Waals surface area contributed by atoms with E-state index >= 15 is 0 Å². The van der Waals surface area contributed by atoms with E-state index in [2.05, 4.69) is 13.8 Å². The Morgan fingerprint density at radius 1 is 0.750 bits per heavy atom. The van der Waals surface area contributed by atoms with Crippen LogP contribution in [0.5, 0.6) is 0 Å². The minimum Gasteiger partial charge on any atom is -0.370 e. The Morgan fingerprint density at radius 2 is 1.35 bits per heavy atom. The first-order chi connectivity index (χ1) is 9.77. The maximum atomic E-state index is 11.8. The Hall–Kier alpha value is -0.370. The van der Waals surface area contributed by atoms with E-state index in [4.69, 9.17) is 4.74 Å². The third-order valence-corrected chi connectivity index (χ3v) is 4.30. The van der Waals surface area contributed by atoms with Gasteiger partial charge in [0.25, 0.3) is 0 Å². The van der Waals surface area contributed by atoms with Crippen LogP contribution >= 0.6 is 0 Å². The van der Waals surface area contributed by atoms with E-state index in [1.54, 1.807) is 0 Å². The molecule has 0 radical (unpaired) electrons. The van der Waals surface area contributed by atoms with Gasteiger partial charge in [0, 0.05) is 12.8 Å². The number of ketones is 1. The Morgan fingerprint density at radius 3 is 2.10 bits per heavy atom. The average Bonchev–Trinajstić information content (AvgIpc) is 3.19. The van der Waals surface area contributed by atoms with Crippen LogP contribution in [0.4, 0.5) is 0 Å². The zero-order valence-electron chi connectivity index (χ0n) is 13.7. The molecular weight excluding hydrogens is 248 g/mol. The van der Waals surface area contributed by atoms with E-state index in [0.717, 1.165) is 25.7 Å². The molecule has 1 fully saturated rings. The van der Waals surface area contributed by atoms with Crippen molar-refractivity contribution in [2.45, 2.75) is 110 Å². The Balaban J connectivity index is 1.86. The SMILES string of the molecule is CCCCCCCCC(=O)CCC1OC1CCCCC. The van der Waals surface area contributed by atoms with Gasteiger partial charge in [0.15, 0.2) is 0 Å². The summed E-state index contributed by atoms with van der Waals surface area (Å²) in [6, 6.07) is 0. The molecule has 20 heavy (non-hydrogen) atoms. The Bertz CT molecular complexity index is 250. The summed E-state index contributed by atoms with van der Waals surface area (Å²) in [5, 5.41) is 0. The van der Waals surface area contributed by atoms with E-state index < -0.39 is 0 Å². The van der Waals surface area contributed by atoms with Crippen molar-refractivity contribution in [3.05, 3.63) is 0 Å². The van der Waals surface area contributed by atoms with Gasteiger partial charge in [-0.1, -0.05) is 65.2 Å². The van der Waals surface area contributed by atoms with Crippen molar-refractivity contribution >= 4 is 5.78 Å². The smallest absolute Gasteiger partial charge is 0.133 e. The number of carbonyl (C=O) groups is 1. The maximum Gasteiger partial charge on any atom is 0.133 e. The van der Waals surface area contributed by atoms with Gasteiger partial charge in [-0.2, -0.15) is 0 Å². The van der Waals surface area contributed by atoms with E-state index in [9.17, 15) is 4.79 Å². The van der Waals surface area contributed by atoms with Crippen LogP contribution < -0.4 is 0 Å². The summed E-state index contributed by atoms with van der Waals surface area (Å²) in [7, 11) is 0. The minimum absolute atomic E-state index is 0.403. The minimum atomic E-state index is 0.403. The zero-order chi connectivity index (χ0) is 14.6. The Labute approximate surface area is 125 Å². The van der Waals surface area contributed by atoms with E-state index in [-0.39, 0.29) is 0 Å². The molecule has 2 atom stereocenters. The van der Waals surface area contributed by atoms with Crippen LogP contribution in [0.2, 0.25) is 0 Å². The molecule has 0 N–H and O–H groups in total. The summed E-state index contributed by atoms with van der Waals surface area (Å²) in [6.45, 7) is 4.46. The third kappa shape index (κ3) is 8.73. The molecule has 1 saturated heterocycles. The lowest BCUT2D eigenvalue weighted by atomic mass is 10.0. The van der Waals surface area contributed by atoms with Crippen molar-refractivity contribution in [2.75, 3.05) is 0 Å². The quantitative estimate of drug-likeness (QED) is 0.314. The molecule has 1 aliphatic heterocycles. The molecule has 0 amide bonds. The highest BCUT2D eigenvalue weighted by atomic mass is 16.6. The first kappa shape index (κ1) is 17.7.